The van der Waals surface area contributed by atoms with Crippen LogP contribution in [0.25, 0.3) is 5.57 Å². The molecular weight excluding hydrogens is 290 g/mol. The fourth-order valence-electron chi connectivity index (χ4n) is 1.45. The van der Waals surface area contributed by atoms with Gasteiger partial charge in [-0.25, -0.2) is 4.79 Å². The fraction of sp³-hybridized carbons (Fsp3) is 0. The van der Waals surface area contributed by atoms with E-state index in [4.69, 9.17) is 10.4 Å². The number of nitriles is 1. The summed E-state index contributed by atoms with van der Waals surface area (Å²) in [5.41, 5.74) is 0.969. The van der Waals surface area contributed by atoms with Crippen LogP contribution in [0, 0.1) is 11.3 Å². The Bertz CT molecular complexity index is 761. The lowest BCUT2D eigenvalue weighted by Crippen LogP contribution is -2.21. The van der Waals surface area contributed by atoms with Gasteiger partial charge in [-0.15, -0.1) is 10.2 Å². The lowest BCUT2D eigenvalue weighted by molar-refractivity contribution is -0.147. The van der Waals surface area contributed by atoms with Crippen LogP contribution in [-0.4, -0.2) is 37.6 Å². The van der Waals surface area contributed by atoms with Gasteiger partial charge in [0.2, 0.25) is 5.82 Å². The Morgan fingerprint density at radius 3 is 2.77 bits per heavy atom. The molecule has 0 aliphatic carbocycles. The number of aromatic amines is 1. The zero-order valence-corrected chi connectivity index (χ0v) is 10.9. The molecular formula is C12H9N7O3. The number of rotatable bonds is 4. The van der Waals surface area contributed by atoms with Crippen molar-refractivity contribution in [3.8, 4) is 6.07 Å². The second-order valence-electron chi connectivity index (χ2n) is 3.89. The summed E-state index contributed by atoms with van der Waals surface area (Å²) in [6.07, 6.45) is 1.36. The molecule has 1 heterocycles. The zero-order valence-electron chi connectivity index (χ0n) is 10.9. The molecule has 0 spiro atoms. The highest BCUT2D eigenvalue weighted by molar-refractivity contribution is 6.36. The van der Waals surface area contributed by atoms with Gasteiger partial charge >= 0.3 is 11.9 Å². The van der Waals surface area contributed by atoms with Crippen molar-refractivity contribution in [1.82, 2.24) is 20.6 Å². The minimum absolute atomic E-state index is 0.130. The van der Waals surface area contributed by atoms with Crippen LogP contribution in [0.15, 0.2) is 30.5 Å². The number of carbonyl (C=O) groups is 2. The largest absolute Gasteiger partial charge is 0.474 e. The number of aliphatic carboxylic acids is 1. The number of allylic oxidation sites excluding steroid dienone is 1. The monoisotopic (exact) mass is 299 g/mol. The summed E-state index contributed by atoms with van der Waals surface area (Å²) in [6, 6.07) is 8.20. The Morgan fingerprint density at radius 2 is 2.14 bits per heavy atom. The first-order chi connectivity index (χ1) is 10.6. The molecule has 0 radical (unpaired) electrons. The normalized spacial score (nSPS) is 10.6. The topological polar surface area (TPSA) is 157 Å². The molecule has 10 nitrogen and oxygen atoms in total. The molecule has 0 fully saturated rings. The quantitative estimate of drug-likeness (QED) is 0.460. The molecule has 10 heteroatoms. The van der Waals surface area contributed by atoms with Gasteiger partial charge in [0.05, 0.1) is 0 Å². The van der Waals surface area contributed by atoms with Gasteiger partial charge in [-0.2, -0.15) is 10.5 Å². The van der Waals surface area contributed by atoms with E-state index in [1.807, 2.05) is 6.07 Å². The van der Waals surface area contributed by atoms with Crippen molar-refractivity contribution in [1.29, 1.82) is 5.26 Å². The molecule has 0 aliphatic heterocycles. The molecule has 1 aromatic heterocycles. The first-order valence-corrected chi connectivity index (χ1v) is 5.85. The van der Waals surface area contributed by atoms with Crippen LogP contribution in [0.5, 0.6) is 0 Å². The smallest absolute Gasteiger partial charge is 0.394 e. The number of benzene rings is 1. The van der Waals surface area contributed by atoms with Crippen LogP contribution in [-0.2, 0) is 9.59 Å². The highest BCUT2D eigenvalue weighted by Crippen LogP contribution is 2.16. The van der Waals surface area contributed by atoms with Crippen LogP contribution >= 0.6 is 0 Å². The predicted octanol–water partition coefficient (Wildman–Crippen LogP) is 0.199. The van der Waals surface area contributed by atoms with Gasteiger partial charge in [0.15, 0.2) is 0 Å². The number of H-pyrrole nitrogens is 1. The first-order valence-electron chi connectivity index (χ1n) is 5.85. The average Bonchev–Trinajstić information content (AvgIpc) is 3.02. The lowest BCUT2D eigenvalue weighted by Gasteiger charge is -2.05. The Morgan fingerprint density at radius 1 is 1.36 bits per heavy atom. The lowest BCUT2D eigenvalue weighted by atomic mass is 10.2. The predicted molar refractivity (Wildman–Crippen MR) is 74.1 cm³/mol. The molecule has 0 unspecified atom stereocenters. The van der Waals surface area contributed by atoms with Gasteiger partial charge in [-0.3, -0.25) is 4.79 Å². The number of carboxylic acids is 1. The second-order valence-corrected chi connectivity index (χ2v) is 3.89. The van der Waals surface area contributed by atoms with E-state index in [1.165, 1.54) is 18.3 Å². The number of hydrogen-bond acceptors (Lipinski definition) is 7. The number of hydrogen-bond donors (Lipinski definition) is 4. The number of anilines is 2. The Labute approximate surface area is 123 Å². The molecule has 110 valence electrons. The maximum absolute atomic E-state index is 11.1. The van der Waals surface area contributed by atoms with Crippen molar-refractivity contribution in [2.24, 2.45) is 0 Å². The molecule has 2 rings (SSSR count). The molecule has 1 aromatic carbocycles. The molecule has 0 aliphatic rings. The van der Waals surface area contributed by atoms with E-state index in [0.29, 0.717) is 11.4 Å². The molecule has 4 N–H and O–H groups in total. The van der Waals surface area contributed by atoms with E-state index in [-0.39, 0.29) is 11.4 Å². The summed E-state index contributed by atoms with van der Waals surface area (Å²) in [4.78, 5) is 21.6. The van der Waals surface area contributed by atoms with Crippen molar-refractivity contribution in [3.63, 3.8) is 0 Å². The maximum atomic E-state index is 11.1. The Balaban J connectivity index is 2.12. The highest BCUT2D eigenvalue weighted by Gasteiger charge is 2.11. The van der Waals surface area contributed by atoms with Crippen molar-refractivity contribution in [2.75, 3.05) is 10.6 Å². The number of amides is 1. The minimum Gasteiger partial charge on any atom is -0.474 e. The van der Waals surface area contributed by atoms with E-state index in [9.17, 15) is 9.59 Å². The molecule has 22 heavy (non-hydrogen) atoms. The summed E-state index contributed by atoms with van der Waals surface area (Å²) in [5.74, 6) is -2.59. The van der Waals surface area contributed by atoms with Gasteiger partial charge in [0.1, 0.15) is 11.6 Å². The van der Waals surface area contributed by atoms with Crippen LogP contribution in [0.2, 0.25) is 0 Å². The van der Waals surface area contributed by atoms with Gasteiger partial charge in [0, 0.05) is 17.6 Å². The highest BCUT2D eigenvalue weighted by atomic mass is 16.4. The van der Waals surface area contributed by atoms with E-state index in [1.54, 1.807) is 12.1 Å². The number of nitrogens with one attached hydrogen (secondary N) is 3. The molecule has 0 saturated heterocycles. The van der Waals surface area contributed by atoms with Crippen LogP contribution < -0.4 is 10.6 Å². The SMILES string of the molecule is N#CC(=CNc1cccc(NC(=O)C(=O)O)c1)c1nn[nH]n1. The van der Waals surface area contributed by atoms with Crippen molar-refractivity contribution < 1.29 is 14.7 Å². The maximum Gasteiger partial charge on any atom is 0.394 e. The average molecular weight is 299 g/mol. The van der Waals surface area contributed by atoms with E-state index in [2.05, 4.69) is 31.3 Å². The third kappa shape index (κ3) is 3.64. The second kappa shape index (κ2) is 6.62. The third-order valence-corrected chi connectivity index (χ3v) is 2.40. The number of aromatic nitrogens is 4. The summed E-state index contributed by atoms with van der Waals surface area (Å²) in [6.45, 7) is 0. The Hall–Kier alpha value is -3.74. The number of carbonyl (C=O) groups excluding carboxylic acids is 1. The fourth-order valence-corrected chi connectivity index (χ4v) is 1.45. The molecule has 0 saturated carbocycles. The molecule has 1 amide bonds. The van der Waals surface area contributed by atoms with E-state index in [0.717, 1.165) is 0 Å². The number of tetrazole rings is 1. The van der Waals surface area contributed by atoms with Crippen LogP contribution in [0.1, 0.15) is 5.82 Å². The van der Waals surface area contributed by atoms with Crippen LogP contribution in [0.4, 0.5) is 11.4 Å². The third-order valence-electron chi connectivity index (χ3n) is 2.40. The standard InChI is InChI=1S/C12H9N7O3/c13-5-7(10-16-18-19-17-10)6-14-8-2-1-3-9(4-8)15-11(20)12(21)22/h1-4,6,14H,(H,15,20)(H,21,22)(H,16,17,18,19). The van der Waals surface area contributed by atoms with Gasteiger partial charge in [-0.1, -0.05) is 6.07 Å². The zero-order chi connectivity index (χ0) is 15.9. The molecule has 0 atom stereocenters. The summed E-state index contributed by atoms with van der Waals surface area (Å²) >= 11 is 0. The minimum atomic E-state index is -1.58. The van der Waals surface area contributed by atoms with E-state index < -0.39 is 11.9 Å². The summed E-state index contributed by atoms with van der Waals surface area (Å²) in [7, 11) is 0. The Kier molecular flexibility index (Phi) is 4.41. The number of carboxylic acid groups (broad SMARTS) is 1. The van der Waals surface area contributed by atoms with Crippen molar-refractivity contribution >= 4 is 28.8 Å². The first kappa shape index (κ1) is 14.7. The number of nitrogens with zero attached hydrogens (tertiary/aromatic N) is 4. The van der Waals surface area contributed by atoms with Gasteiger partial charge < -0.3 is 15.7 Å². The molecule has 2 aromatic rings. The van der Waals surface area contributed by atoms with Crippen molar-refractivity contribution in [3.05, 3.63) is 36.3 Å². The van der Waals surface area contributed by atoms with Gasteiger partial charge in [0.25, 0.3) is 0 Å². The molecule has 0 bridgehead atoms. The van der Waals surface area contributed by atoms with Crippen molar-refractivity contribution in [2.45, 2.75) is 0 Å². The summed E-state index contributed by atoms with van der Waals surface area (Å²) in [5, 5.41) is 35.5. The summed E-state index contributed by atoms with van der Waals surface area (Å²) < 4.78 is 0. The van der Waals surface area contributed by atoms with Gasteiger partial charge in [-0.05, 0) is 23.4 Å². The van der Waals surface area contributed by atoms with E-state index >= 15 is 0 Å². The van der Waals surface area contributed by atoms with Crippen LogP contribution in [0.3, 0.4) is 0 Å².